The molecule has 0 saturated carbocycles. The second-order valence-corrected chi connectivity index (χ2v) is 8.20. The van der Waals surface area contributed by atoms with Crippen LogP contribution in [0.15, 0.2) is 66.7 Å². The van der Waals surface area contributed by atoms with E-state index in [4.69, 9.17) is 11.6 Å². The van der Waals surface area contributed by atoms with Crippen molar-refractivity contribution in [3.05, 3.63) is 88.5 Å². The molecule has 0 aromatic heterocycles. The van der Waals surface area contributed by atoms with E-state index in [2.05, 4.69) is 35.2 Å². The summed E-state index contributed by atoms with van der Waals surface area (Å²) in [6, 6.07) is 19.4. The number of halogens is 1. The molecule has 0 spiro atoms. The molecule has 30 heavy (non-hydrogen) atoms. The van der Waals surface area contributed by atoms with Gasteiger partial charge < -0.3 is 0 Å². The van der Waals surface area contributed by atoms with Gasteiger partial charge in [0.15, 0.2) is 0 Å². The lowest BCUT2D eigenvalue weighted by Gasteiger charge is -2.31. The number of nitrogens with zero attached hydrogens (tertiary/aromatic N) is 2. The molecule has 2 aliphatic heterocycles. The Balaban J connectivity index is 1.32. The molecule has 0 unspecified atom stereocenters. The fourth-order valence-electron chi connectivity index (χ4n) is 4.39. The van der Waals surface area contributed by atoms with Crippen molar-refractivity contribution in [3.8, 4) is 0 Å². The molecule has 5 rings (SSSR count). The summed E-state index contributed by atoms with van der Waals surface area (Å²) in [5.41, 5.74) is 3.70. The van der Waals surface area contributed by atoms with Gasteiger partial charge >= 0.3 is 0 Å². The average Bonchev–Trinajstić information content (AvgIpc) is 2.78. The van der Waals surface area contributed by atoms with Crippen molar-refractivity contribution < 1.29 is 9.59 Å². The molecule has 0 atom stereocenters. The number of hydrogen-bond acceptors (Lipinski definition) is 3. The summed E-state index contributed by atoms with van der Waals surface area (Å²) in [7, 11) is 0. The molecule has 2 amide bonds. The Bertz CT molecular complexity index is 1190. The van der Waals surface area contributed by atoms with Crippen LogP contribution in [0.1, 0.15) is 32.7 Å². The molecular weight excluding hydrogens is 396 g/mol. The molecule has 0 N–H and O–H groups in total. The van der Waals surface area contributed by atoms with E-state index in [1.165, 1.54) is 16.0 Å². The van der Waals surface area contributed by atoms with Crippen LogP contribution < -0.4 is 0 Å². The molecule has 3 aromatic carbocycles. The van der Waals surface area contributed by atoms with E-state index in [9.17, 15) is 9.59 Å². The summed E-state index contributed by atoms with van der Waals surface area (Å²) in [6.45, 7) is 2.75. The predicted octanol–water partition coefficient (Wildman–Crippen LogP) is 4.88. The number of rotatable bonds is 4. The topological polar surface area (TPSA) is 40.6 Å². The zero-order valence-electron chi connectivity index (χ0n) is 16.5. The molecule has 0 saturated heterocycles. The number of carbonyl (C=O) groups is 2. The van der Waals surface area contributed by atoms with Gasteiger partial charge in [0, 0.05) is 42.2 Å². The average molecular weight is 417 g/mol. The van der Waals surface area contributed by atoms with Crippen LogP contribution in [0.2, 0.25) is 5.02 Å². The lowest BCUT2D eigenvalue weighted by molar-refractivity contribution is 0.0594. The first kappa shape index (κ1) is 19.0. The van der Waals surface area contributed by atoms with E-state index in [0.29, 0.717) is 34.6 Å². The minimum absolute atomic E-state index is 0.224. The molecule has 2 aliphatic rings. The van der Waals surface area contributed by atoms with Crippen LogP contribution >= 0.6 is 11.6 Å². The molecule has 0 fully saturated rings. The smallest absolute Gasteiger partial charge is 0.261 e. The van der Waals surface area contributed by atoms with Gasteiger partial charge in [0.25, 0.3) is 11.8 Å². The number of benzene rings is 3. The molecule has 5 heteroatoms. The molecule has 150 valence electrons. The Morgan fingerprint density at radius 3 is 2.43 bits per heavy atom. The number of amides is 2. The third-order valence-corrected chi connectivity index (χ3v) is 6.19. The van der Waals surface area contributed by atoms with Gasteiger partial charge in [0.2, 0.25) is 0 Å². The largest absolute Gasteiger partial charge is 0.298 e. The van der Waals surface area contributed by atoms with Gasteiger partial charge in [-0.3, -0.25) is 19.4 Å². The van der Waals surface area contributed by atoms with E-state index in [1.54, 1.807) is 18.2 Å². The summed E-state index contributed by atoms with van der Waals surface area (Å²) in [4.78, 5) is 29.8. The zero-order valence-corrected chi connectivity index (χ0v) is 17.2. The van der Waals surface area contributed by atoms with Gasteiger partial charge in [0.05, 0.1) is 5.56 Å². The molecule has 0 radical (unpaired) electrons. The Morgan fingerprint density at radius 2 is 1.67 bits per heavy atom. The predicted molar refractivity (Wildman–Crippen MR) is 120 cm³/mol. The Labute approximate surface area is 180 Å². The van der Waals surface area contributed by atoms with Gasteiger partial charge in [-0.15, -0.1) is 0 Å². The van der Waals surface area contributed by atoms with E-state index in [0.717, 1.165) is 24.9 Å². The summed E-state index contributed by atoms with van der Waals surface area (Å²) in [5.74, 6) is -0.485. The first-order valence-corrected chi connectivity index (χ1v) is 10.5. The van der Waals surface area contributed by atoms with Crippen LogP contribution in [-0.4, -0.2) is 47.8 Å². The summed E-state index contributed by atoms with van der Waals surface area (Å²) in [6.07, 6.45) is 3.21. The van der Waals surface area contributed by atoms with Gasteiger partial charge in [-0.1, -0.05) is 60.1 Å². The highest BCUT2D eigenvalue weighted by Crippen LogP contribution is 2.32. The van der Waals surface area contributed by atoms with Crippen LogP contribution in [0.5, 0.6) is 0 Å². The van der Waals surface area contributed by atoms with Gasteiger partial charge in [0.1, 0.15) is 0 Å². The number of carbonyl (C=O) groups excluding carboxylic acids is 2. The van der Waals surface area contributed by atoms with Crippen molar-refractivity contribution in [1.82, 2.24) is 9.80 Å². The molecule has 3 aromatic rings. The van der Waals surface area contributed by atoms with Crippen molar-refractivity contribution in [1.29, 1.82) is 0 Å². The molecule has 2 heterocycles. The maximum absolute atomic E-state index is 13.1. The molecule has 0 bridgehead atoms. The Kier molecular flexibility index (Phi) is 4.89. The normalized spacial score (nSPS) is 16.8. The van der Waals surface area contributed by atoms with Crippen LogP contribution in [0.3, 0.4) is 0 Å². The Hall–Kier alpha value is -2.95. The van der Waals surface area contributed by atoms with E-state index < -0.39 is 0 Å². The summed E-state index contributed by atoms with van der Waals surface area (Å²) >= 11 is 6.22. The van der Waals surface area contributed by atoms with Crippen molar-refractivity contribution in [2.45, 2.75) is 6.42 Å². The zero-order chi connectivity index (χ0) is 20.7. The highest BCUT2D eigenvalue weighted by atomic mass is 35.5. The first-order chi connectivity index (χ1) is 14.6. The van der Waals surface area contributed by atoms with Gasteiger partial charge in [-0.05, 0) is 41.1 Å². The second kappa shape index (κ2) is 7.71. The monoisotopic (exact) mass is 416 g/mol. The standard InChI is InChI=1S/C25H21ClN2O2/c26-20-15-19-7-4-8-21-23(19)22(16-20)25(30)28(24(21)29)14-13-27-11-9-18(10-12-27)17-5-2-1-3-6-17/h1-9,15-16H,10-14H2. The maximum Gasteiger partial charge on any atom is 0.261 e. The fourth-order valence-corrected chi connectivity index (χ4v) is 4.62. The minimum Gasteiger partial charge on any atom is -0.298 e. The lowest BCUT2D eigenvalue weighted by Crippen LogP contribution is -2.45. The van der Waals surface area contributed by atoms with E-state index in [1.807, 2.05) is 18.2 Å². The van der Waals surface area contributed by atoms with Crippen LogP contribution in [0.25, 0.3) is 16.3 Å². The third kappa shape index (κ3) is 3.32. The van der Waals surface area contributed by atoms with Crippen LogP contribution in [-0.2, 0) is 0 Å². The van der Waals surface area contributed by atoms with Crippen LogP contribution in [0.4, 0.5) is 0 Å². The number of imide groups is 1. The Morgan fingerprint density at radius 1 is 0.867 bits per heavy atom. The third-order valence-electron chi connectivity index (χ3n) is 5.97. The maximum atomic E-state index is 13.1. The van der Waals surface area contributed by atoms with Crippen molar-refractivity contribution >= 4 is 39.8 Å². The van der Waals surface area contributed by atoms with Crippen molar-refractivity contribution in [2.24, 2.45) is 0 Å². The molecule has 4 nitrogen and oxygen atoms in total. The first-order valence-electron chi connectivity index (χ1n) is 10.2. The summed E-state index contributed by atoms with van der Waals surface area (Å²) < 4.78 is 0. The second-order valence-electron chi connectivity index (χ2n) is 7.76. The SMILES string of the molecule is O=C1c2cccc3cc(Cl)cc(c23)C(=O)N1CCN1CC=C(c2ccccc2)CC1. The minimum atomic E-state index is -0.260. The van der Waals surface area contributed by atoms with Gasteiger partial charge in [-0.25, -0.2) is 0 Å². The molecule has 0 aliphatic carbocycles. The highest BCUT2D eigenvalue weighted by Gasteiger charge is 2.33. The lowest BCUT2D eigenvalue weighted by atomic mass is 9.94. The fraction of sp³-hybridized carbons (Fsp3) is 0.200. The quantitative estimate of drug-likeness (QED) is 0.569. The van der Waals surface area contributed by atoms with Gasteiger partial charge in [-0.2, -0.15) is 0 Å². The van der Waals surface area contributed by atoms with Crippen molar-refractivity contribution in [3.63, 3.8) is 0 Å². The molecular formula is C25H21ClN2O2. The van der Waals surface area contributed by atoms with E-state index >= 15 is 0 Å². The number of hydrogen-bond donors (Lipinski definition) is 0. The highest BCUT2D eigenvalue weighted by molar-refractivity contribution is 6.33. The van der Waals surface area contributed by atoms with Crippen LogP contribution in [0, 0.1) is 0 Å². The van der Waals surface area contributed by atoms with E-state index in [-0.39, 0.29) is 11.8 Å². The summed E-state index contributed by atoms with van der Waals surface area (Å²) in [5, 5.41) is 2.04. The van der Waals surface area contributed by atoms with Crippen molar-refractivity contribution in [2.75, 3.05) is 26.2 Å².